The second-order valence-corrected chi connectivity index (χ2v) is 14.1. The van der Waals surface area contributed by atoms with Crippen molar-refractivity contribution in [3.05, 3.63) is 65.5 Å². The Kier molecular flexibility index (Phi) is 7.42. The van der Waals surface area contributed by atoms with Gasteiger partial charge in [0.05, 0.1) is 22.8 Å². The Labute approximate surface area is 247 Å². The molecule has 1 saturated heterocycles. The smallest absolute Gasteiger partial charge is 0.435 e. The molecule has 2 aliphatic carbocycles. The van der Waals surface area contributed by atoms with Crippen LogP contribution >= 0.6 is 0 Å². The van der Waals surface area contributed by atoms with Gasteiger partial charge >= 0.3 is 24.0 Å². The molecule has 0 N–H and O–H groups in total. The topological polar surface area (TPSA) is 80.8 Å². The van der Waals surface area contributed by atoms with Gasteiger partial charge in [-0.15, -0.1) is 0 Å². The van der Waals surface area contributed by atoms with E-state index in [2.05, 4.69) is 0 Å². The van der Waals surface area contributed by atoms with E-state index in [1.807, 2.05) is 0 Å². The Balaban J connectivity index is 1.56. The van der Waals surface area contributed by atoms with Gasteiger partial charge in [-0.3, -0.25) is 9.59 Å². The molecule has 15 heteroatoms. The van der Waals surface area contributed by atoms with E-state index < -0.39 is 78.1 Å². The zero-order valence-corrected chi connectivity index (χ0v) is 24.0. The third-order valence-electron chi connectivity index (χ3n) is 9.66. The van der Waals surface area contributed by atoms with Crippen molar-refractivity contribution in [2.24, 2.45) is 10.8 Å². The number of carbonyl (C=O) groups is 2. The van der Waals surface area contributed by atoms with Crippen LogP contribution < -0.4 is 0 Å². The van der Waals surface area contributed by atoms with Crippen molar-refractivity contribution in [1.82, 2.24) is 4.90 Å². The van der Waals surface area contributed by atoms with Gasteiger partial charge in [0.15, 0.2) is 9.84 Å². The molecule has 2 aromatic rings. The zero-order valence-electron chi connectivity index (χ0n) is 23.2. The quantitative estimate of drug-likeness (QED) is 0.213. The first-order valence-electron chi connectivity index (χ1n) is 13.6. The predicted molar refractivity (Wildman–Crippen MR) is 138 cm³/mol. The molecule has 1 atom stereocenters. The predicted octanol–water partition coefficient (Wildman–Crippen LogP) is 6.14. The van der Waals surface area contributed by atoms with Gasteiger partial charge in [0, 0.05) is 18.7 Å². The first-order chi connectivity index (χ1) is 20.3. The highest BCUT2D eigenvalue weighted by atomic mass is 32.2. The molecule has 44 heavy (non-hydrogen) atoms. The lowest BCUT2D eigenvalue weighted by Gasteiger charge is -2.34. The number of rotatable bonds is 6. The van der Waals surface area contributed by atoms with Crippen LogP contribution in [0.1, 0.15) is 49.7 Å². The van der Waals surface area contributed by atoms with Crippen molar-refractivity contribution >= 4 is 21.7 Å². The van der Waals surface area contributed by atoms with E-state index in [4.69, 9.17) is 4.74 Å². The van der Waals surface area contributed by atoms with Gasteiger partial charge in [-0.05, 0) is 68.4 Å². The van der Waals surface area contributed by atoms with Gasteiger partial charge in [0.2, 0.25) is 5.91 Å². The van der Waals surface area contributed by atoms with E-state index in [1.54, 1.807) is 0 Å². The number of alkyl halides is 7. The van der Waals surface area contributed by atoms with E-state index in [9.17, 15) is 53.1 Å². The summed E-state index contributed by atoms with van der Waals surface area (Å²) in [5.41, 5.74) is -9.60. The number of hydrogen-bond donors (Lipinski definition) is 0. The molecular weight excluding hydrogens is 626 g/mol. The first kappa shape index (κ1) is 32.2. The summed E-state index contributed by atoms with van der Waals surface area (Å²) in [5, 5.41) is 0. The summed E-state index contributed by atoms with van der Waals surface area (Å²) in [6, 6.07) is 5.50. The number of hydrogen-bond acceptors (Lipinski definition) is 5. The molecule has 1 heterocycles. The first-order valence-corrected chi connectivity index (χ1v) is 15.1. The van der Waals surface area contributed by atoms with Crippen LogP contribution in [0.2, 0.25) is 0 Å². The molecule has 3 fully saturated rings. The third-order valence-corrected chi connectivity index (χ3v) is 12.2. The molecule has 1 unspecified atom stereocenters. The van der Waals surface area contributed by atoms with Crippen molar-refractivity contribution in [2.75, 3.05) is 20.2 Å². The van der Waals surface area contributed by atoms with E-state index in [1.165, 1.54) is 12.0 Å². The van der Waals surface area contributed by atoms with Crippen molar-refractivity contribution in [2.45, 2.75) is 66.2 Å². The molecule has 1 aliphatic heterocycles. The van der Waals surface area contributed by atoms with Crippen molar-refractivity contribution in [1.29, 1.82) is 0 Å². The van der Waals surface area contributed by atoms with Gasteiger partial charge < -0.3 is 9.64 Å². The number of fused-ring (bicyclic) bond motifs is 2. The van der Waals surface area contributed by atoms with Gasteiger partial charge in [0.25, 0.3) is 0 Å². The fourth-order valence-electron chi connectivity index (χ4n) is 7.22. The van der Waals surface area contributed by atoms with Crippen molar-refractivity contribution in [3.63, 3.8) is 0 Å². The lowest BCUT2D eigenvalue weighted by atomic mass is 9.81. The fraction of sp³-hybridized carbons (Fsp3) is 0.517. The maximum atomic E-state index is 14.7. The van der Waals surface area contributed by atoms with Crippen LogP contribution in [0.4, 0.5) is 35.1 Å². The Morgan fingerprint density at radius 1 is 0.795 bits per heavy atom. The highest BCUT2D eigenvalue weighted by Gasteiger charge is 2.73. The fourth-order valence-corrected chi connectivity index (χ4v) is 9.30. The maximum Gasteiger partial charge on any atom is 0.435 e. The van der Waals surface area contributed by atoms with Crippen LogP contribution in [0.15, 0.2) is 53.4 Å². The van der Waals surface area contributed by atoms with Crippen molar-refractivity contribution < 1.29 is 57.9 Å². The number of benzene rings is 2. The van der Waals surface area contributed by atoms with E-state index in [0.717, 1.165) is 24.3 Å². The molecule has 5 rings (SSSR count). The Bertz CT molecular complexity index is 1550. The molecule has 0 spiro atoms. The molecule has 0 aromatic heterocycles. The molecule has 6 nitrogen and oxygen atoms in total. The summed E-state index contributed by atoms with van der Waals surface area (Å²) >= 11 is 0. The average molecular weight is 654 g/mol. The number of amides is 1. The molecule has 2 bridgehead atoms. The Morgan fingerprint density at radius 2 is 1.32 bits per heavy atom. The molecule has 240 valence electrons. The summed E-state index contributed by atoms with van der Waals surface area (Å²) in [7, 11) is -3.34. The van der Waals surface area contributed by atoms with E-state index in [-0.39, 0.29) is 37.1 Å². The molecule has 0 radical (unpaired) electrons. The van der Waals surface area contributed by atoms with E-state index in [0.29, 0.717) is 37.8 Å². The second-order valence-electron chi connectivity index (χ2n) is 11.9. The van der Waals surface area contributed by atoms with Crippen LogP contribution in [0.5, 0.6) is 0 Å². The summed E-state index contributed by atoms with van der Waals surface area (Å²) < 4.78 is 140. The largest absolute Gasteiger partial charge is 0.469 e. The number of methoxy groups -OCH3 is 1. The minimum atomic E-state index is -6.37. The number of ether oxygens (including phenoxy) is 1. The Hall–Kier alpha value is -3.23. The lowest BCUT2D eigenvalue weighted by molar-refractivity contribution is -0.348. The number of carbonyl (C=O) groups excluding carboxylic acids is 2. The SMILES string of the molecule is COC(=O)C12CCC(C(=O)N3CCC(c4ccc(C(F)(C(F)(F)F)C(F)(F)F)cc4)(S(=O)(=O)c4ccc(F)cc4)C3)(CC1)C2. The van der Waals surface area contributed by atoms with Gasteiger partial charge in [-0.1, -0.05) is 24.3 Å². The lowest BCUT2D eigenvalue weighted by Crippen LogP contribution is -2.50. The van der Waals surface area contributed by atoms with Gasteiger partial charge in [-0.2, -0.15) is 26.3 Å². The number of esters is 1. The van der Waals surface area contributed by atoms with E-state index >= 15 is 0 Å². The van der Waals surface area contributed by atoms with Crippen LogP contribution in [0.3, 0.4) is 0 Å². The normalized spacial score (nSPS) is 27.5. The maximum absolute atomic E-state index is 14.7. The Morgan fingerprint density at radius 3 is 1.82 bits per heavy atom. The standard InChI is InChI=1S/C29H27F8NO5S/c1-43-23(40)25-12-10-24(16-25,11-13-25)22(39)38-15-14-26(17-38,44(41,42)21-8-6-20(30)7-9-21)18-2-4-19(5-3-18)27(31,28(32,33)34)29(35,36)37/h2-9H,10-17H2,1H3. The summed E-state index contributed by atoms with van der Waals surface area (Å²) in [6.07, 6.45) is -11.4. The summed E-state index contributed by atoms with van der Waals surface area (Å²) in [5.74, 6) is -1.63. The highest BCUT2D eigenvalue weighted by molar-refractivity contribution is 7.92. The number of sulfone groups is 1. The monoisotopic (exact) mass is 653 g/mol. The van der Waals surface area contributed by atoms with Crippen molar-refractivity contribution in [3.8, 4) is 0 Å². The van der Waals surface area contributed by atoms with Crippen LogP contribution in [0.25, 0.3) is 0 Å². The molecule has 2 saturated carbocycles. The van der Waals surface area contributed by atoms with Crippen LogP contribution in [-0.2, 0) is 34.6 Å². The zero-order chi connectivity index (χ0) is 32.6. The van der Waals surface area contributed by atoms with Crippen LogP contribution in [0, 0.1) is 16.6 Å². The third kappa shape index (κ3) is 4.51. The molecule has 1 amide bonds. The number of nitrogens with zero attached hydrogens (tertiary/aromatic N) is 1. The average Bonchev–Trinajstić information content (AvgIpc) is 3.70. The molecule has 3 aliphatic rings. The molecular formula is C29H27F8NO5S. The summed E-state index contributed by atoms with van der Waals surface area (Å²) in [4.78, 5) is 27.3. The number of likely N-dealkylation sites (tertiary alicyclic amines) is 1. The highest BCUT2D eigenvalue weighted by Crippen LogP contribution is 2.63. The minimum Gasteiger partial charge on any atom is -0.469 e. The molecule has 2 aromatic carbocycles. The van der Waals surface area contributed by atoms with Gasteiger partial charge in [-0.25, -0.2) is 17.2 Å². The van der Waals surface area contributed by atoms with Gasteiger partial charge in [0.1, 0.15) is 10.6 Å². The van der Waals surface area contributed by atoms with Crippen LogP contribution in [-0.4, -0.2) is 57.7 Å². The minimum absolute atomic E-state index is 0.147. The number of halogens is 8. The summed E-state index contributed by atoms with van der Waals surface area (Å²) in [6.45, 7) is -0.677. The second kappa shape index (κ2) is 10.1.